The molecule has 0 aliphatic carbocycles. The maximum absolute atomic E-state index is 10.8. The van der Waals surface area contributed by atoms with Crippen molar-refractivity contribution in [3.05, 3.63) is 24.2 Å². The third kappa shape index (κ3) is 3.22. The molecule has 0 fully saturated rings. The number of nitrogens with one attached hydrogen (secondary N) is 1. The van der Waals surface area contributed by atoms with Gasteiger partial charge in [-0.05, 0) is 19.1 Å². The van der Waals surface area contributed by atoms with Gasteiger partial charge in [-0.25, -0.2) is 0 Å². The van der Waals surface area contributed by atoms with Gasteiger partial charge in [0.25, 0.3) is 0 Å². The van der Waals surface area contributed by atoms with Crippen LogP contribution in [-0.4, -0.2) is 19.6 Å². The highest BCUT2D eigenvalue weighted by Gasteiger charge is 2.07. The topological polar surface area (TPSA) is 51.5 Å². The molecule has 0 unspecified atom stereocenters. The third-order valence-electron chi connectivity index (χ3n) is 1.98. The van der Waals surface area contributed by atoms with Crippen LogP contribution < -0.4 is 5.32 Å². The van der Waals surface area contributed by atoms with Gasteiger partial charge in [0, 0.05) is 6.54 Å². The molecule has 0 aliphatic rings. The van der Waals surface area contributed by atoms with Crippen molar-refractivity contribution in [3.8, 4) is 0 Å². The first-order chi connectivity index (χ1) is 6.74. The Morgan fingerprint density at radius 2 is 2.50 bits per heavy atom. The molecule has 14 heavy (non-hydrogen) atoms. The van der Waals surface area contributed by atoms with Gasteiger partial charge in [-0.1, -0.05) is 0 Å². The molecule has 0 aliphatic heterocycles. The first kappa shape index (κ1) is 10.8. The summed E-state index contributed by atoms with van der Waals surface area (Å²) >= 11 is 0. The summed E-state index contributed by atoms with van der Waals surface area (Å²) in [6.07, 6.45) is 2.01. The smallest absolute Gasteiger partial charge is 0.306 e. The Kier molecular flexibility index (Phi) is 4.19. The Morgan fingerprint density at radius 1 is 1.71 bits per heavy atom. The quantitative estimate of drug-likeness (QED) is 0.727. The predicted octanol–water partition coefficient (Wildman–Crippen LogP) is 1.49. The lowest BCUT2D eigenvalue weighted by molar-refractivity contribution is -0.140. The summed E-state index contributed by atoms with van der Waals surface area (Å²) in [6, 6.07) is 3.86. The van der Waals surface area contributed by atoms with Crippen molar-refractivity contribution in [2.45, 2.75) is 19.4 Å². The van der Waals surface area contributed by atoms with E-state index >= 15 is 0 Å². The van der Waals surface area contributed by atoms with Crippen LogP contribution in [0.25, 0.3) is 0 Å². The molecule has 1 heterocycles. The van der Waals surface area contributed by atoms with E-state index in [4.69, 9.17) is 4.42 Å². The largest absolute Gasteiger partial charge is 0.469 e. The molecule has 78 valence electrons. The average molecular weight is 197 g/mol. The van der Waals surface area contributed by atoms with Crippen LogP contribution in [0.1, 0.15) is 25.1 Å². The molecule has 1 atom stereocenters. The van der Waals surface area contributed by atoms with Gasteiger partial charge in [0.1, 0.15) is 5.76 Å². The minimum Gasteiger partial charge on any atom is -0.469 e. The zero-order valence-corrected chi connectivity index (χ0v) is 8.45. The second-order valence-corrected chi connectivity index (χ2v) is 3.02. The van der Waals surface area contributed by atoms with Crippen molar-refractivity contribution in [1.82, 2.24) is 5.32 Å². The SMILES string of the molecule is COC(=O)CCN[C@H](C)c1ccco1. The molecule has 1 aromatic rings. The summed E-state index contributed by atoms with van der Waals surface area (Å²) in [4.78, 5) is 10.8. The van der Waals surface area contributed by atoms with Gasteiger partial charge in [0.05, 0.1) is 25.8 Å². The van der Waals surface area contributed by atoms with Crippen molar-refractivity contribution >= 4 is 5.97 Å². The molecule has 1 rings (SSSR count). The number of hydrogen-bond acceptors (Lipinski definition) is 4. The van der Waals surface area contributed by atoms with Gasteiger partial charge in [-0.3, -0.25) is 4.79 Å². The average Bonchev–Trinajstić information content (AvgIpc) is 2.70. The van der Waals surface area contributed by atoms with E-state index in [0.29, 0.717) is 13.0 Å². The number of furan rings is 1. The highest BCUT2D eigenvalue weighted by atomic mass is 16.5. The Morgan fingerprint density at radius 3 is 3.07 bits per heavy atom. The Labute approximate surface area is 83.2 Å². The van der Waals surface area contributed by atoms with Crippen LogP contribution in [0.2, 0.25) is 0 Å². The van der Waals surface area contributed by atoms with Crippen LogP contribution >= 0.6 is 0 Å². The highest BCUT2D eigenvalue weighted by Crippen LogP contribution is 2.11. The minimum absolute atomic E-state index is 0.120. The van der Waals surface area contributed by atoms with Gasteiger partial charge < -0.3 is 14.5 Å². The normalized spacial score (nSPS) is 12.4. The van der Waals surface area contributed by atoms with Gasteiger partial charge in [-0.15, -0.1) is 0 Å². The number of carbonyl (C=O) groups is 1. The second kappa shape index (κ2) is 5.44. The summed E-state index contributed by atoms with van der Waals surface area (Å²) in [5.74, 6) is 0.666. The first-order valence-electron chi connectivity index (χ1n) is 4.57. The van der Waals surface area contributed by atoms with E-state index in [0.717, 1.165) is 5.76 Å². The van der Waals surface area contributed by atoms with Crippen LogP contribution in [-0.2, 0) is 9.53 Å². The third-order valence-corrected chi connectivity index (χ3v) is 1.98. The maximum Gasteiger partial charge on any atom is 0.306 e. The summed E-state index contributed by atoms with van der Waals surface area (Å²) in [5, 5.41) is 3.16. The van der Waals surface area contributed by atoms with Crippen LogP contribution in [0.5, 0.6) is 0 Å². The van der Waals surface area contributed by atoms with Gasteiger partial charge in [-0.2, -0.15) is 0 Å². The molecule has 0 saturated carbocycles. The van der Waals surface area contributed by atoms with E-state index < -0.39 is 0 Å². The molecule has 0 radical (unpaired) electrons. The fraction of sp³-hybridized carbons (Fsp3) is 0.500. The molecule has 1 aromatic heterocycles. The molecule has 0 aromatic carbocycles. The molecule has 4 nitrogen and oxygen atoms in total. The fourth-order valence-electron chi connectivity index (χ4n) is 1.13. The van der Waals surface area contributed by atoms with Crippen LogP contribution in [0, 0.1) is 0 Å². The number of ether oxygens (including phenoxy) is 1. The van der Waals surface area contributed by atoms with Crippen LogP contribution in [0.15, 0.2) is 22.8 Å². The monoisotopic (exact) mass is 197 g/mol. The molecular formula is C10H15NO3. The van der Waals surface area contributed by atoms with E-state index in [1.54, 1.807) is 6.26 Å². The lowest BCUT2D eigenvalue weighted by Crippen LogP contribution is -2.22. The van der Waals surface area contributed by atoms with E-state index in [1.165, 1.54) is 7.11 Å². The fourth-order valence-corrected chi connectivity index (χ4v) is 1.13. The Balaban J connectivity index is 2.22. The summed E-state index contributed by atoms with van der Waals surface area (Å²) < 4.78 is 9.72. The lowest BCUT2D eigenvalue weighted by atomic mass is 10.2. The van der Waals surface area contributed by atoms with E-state index in [9.17, 15) is 4.79 Å². The second-order valence-electron chi connectivity index (χ2n) is 3.02. The van der Waals surface area contributed by atoms with Crippen LogP contribution in [0.3, 0.4) is 0 Å². The van der Waals surface area contributed by atoms with E-state index in [-0.39, 0.29) is 12.0 Å². The standard InChI is InChI=1S/C10H15NO3/c1-8(9-4-3-7-14-9)11-6-5-10(12)13-2/h3-4,7-8,11H,5-6H2,1-2H3/t8-/m1/s1. The number of rotatable bonds is 5. The summed E-state index contributed by atoms with van der Waals surface area (Å²) in [5.41, 5.74) is 0. The first-order valence-corrected chi connectivity index (χ1v) is 4.57. The van der Waals surface area contributed by atoms with Gasteiger partial charge in [0.15, 0.2) is 0 Å². The van der Waals surface area contributed by atoms with Crippen molar-refractivity contribution in [3.63, 3.8) is 0 Å². The number of carbonyl (C=O) groups excluding carboxylic acids is 1. The molecule has 0 amide bonds. The molecular weight excluding hydrogens is 182 g/mol. The van der Waals surface area contributed by atoms with E-state index in [1.807, 2.05) is 19.1 Å². The zero-order valence-electron chi connectivity index (χ0n) is 8.45. The number of methoxy groups -OCH3 is 1. The number of hydrogen-bond donors (Lipinski definition) is 1. The van der Waals surface area contributed by atoms with Gasteiger partial charge in [0.2, 0.25) is 0 Å². The lowest BCUT2D eigenvalue weighted by Gasteiger charge is -2.09. The van der Waals surface area contributed by atoms with Crippen molar-refractivity contribution in [1.29, 1.82) is 0 Å². The molecule has 0 bridgehead atoms. The van der Waals surface area contributed by atoms with Gasteiger partial charge >= 0.3 is 5.97 Å². The minimum atomic E-state index is -0.204. The molecule has 0 saturated heterocycles. The Hall–Kier alpha value is -1.29. The van der Waals surface area contributed by atoms with E-state index in [2.05, 4.69) is 10.1 Å². The zero-order chi connectivity index (χ0) is 10.4. The maximum atomic E-state index is 10.8. The van der Waals surface area contributed by atoms with Crippen molar-refractivity contribution < 1.29 is 13.9 Å². The molecule has 4 heteroatoms. The predicted molar refractivity (Wildman–Crippen MR) is 51.8 cm³/mol. The van der Waals surface area contributed by atoms with Crippen molar-refractivity contribution in [2.75, 3.05) is 13.7 Å². The van der Waals surface area contributed by atoms with Crippen molar-refractivity contribution in [2.24, 2.45) is 0 Å². The highest BCUT2D eigenvalue weighted by molar-refractivity contribution is 5.69. The number of esters is 1. The molecule has 0 spiro atoms. The summed E-state index contributed by atoms with van der Waals surface area (Å²) in [7, 11) is 1.39. The summed E-state index contributed by atoms with van der Waals surface area (Å²) in [6.45, 7) is 2.57. The molecule has 1 N–H and O–H groups in total. The van der Waals surface area contributed by atoms with Crippen LogP contribution in [0.4, 0.5) is 0 Å². The Bertz CT molecular complexity index is 269.